The van der Waals surface area contributed by atoms with Crippen LogP contribution in [0.3, 0.4) is 0 Å². The van der Waals surface area contributed by atoms with Gasteiger partial charge < -0.3 is 15.4 Å². The first-order valence-corrected chi connectivity index (χ1v) is 9.70. The third kappa shape index (κ3) is 6.75. The molecule has 5 nitrogen and oxygen atoms in total. The Bertz CT molecular complexity index is 715. The van der Waals surface area contributed by atoms with E-state index in [9.17, 15) is 0 Å². The number of para-hydroxylation sites is 1. The number of benzene rings is 1. The number of nitrogens with zero attached hydrogens (tertiary/aromatic N) is 2. The molecule has 0 amide bonds. The number of ether oxygens (including phenoxy) is 1. The summed E-state index contributed by atoms with van der Waals surface area (Å²) >= 11 is 1.70. The molecule has 0 bridgehead atoms. The van der Waals surface area contributed by atoms with E-state index in [0.29, 0.717) is 13.1 Å². The molecule has 1 saturated carbocycles. The molecule has 2 N–H and O–H groups in total. The van der Waals surface area contributed by atoms with Crippen LogP contribution in [-0.2, 0) is 13.1 Å². The topological polar surface area (TPSA) is 58.5 Å². The smallest absolute Gasteiger partial charge is 0.191 e. The van der Waals surface area contributed by atoms with Gasteiger partial charge in [-0.3, -0.25) is 0 Å². The molecule has 1 fully saturated rings. The predicted octanol–water partition coefficient (Wildman–Crippen LogP) is 4.11. The van der Waals surface area contributed by atoms with E-state index >= 15 is 0 Å². The van der Waals surface area contributed by atoms with E-state index in [1.807, 2.05) is 24.4 Å². The highest BCUT2D eigenvalue weighted by molar-refractivity contribution is 14.0. The Balaban J connectivity index is 0.00000243. The maximum atomic E-state index is 5.97. The van der Waals surface area contributed by atoms with Crippen molar-refractivity contribution in [1.29, 1.82) is 0 Å². The van der Waals surface area contributed by atoms with Gasteiger partial charge in [0.05, 0.1) is 19.7 Å². The number of aryl methyl sites for hydroxylation is 1. The fraction of sp³-hybridized carbons (Fsp3) is 0.474. The summed E-state index contributed by atoms with van der Waals surface area (Å²) in [7, 11) is 0. The molecule has 1 aliphatic carbocycles. The van der Waals surface area contributed by atoms with Crippen LogP contribution in [0.4, 0.5) is 0 Å². The van der Waals surface area contributed by atoms with Gasteiger partial charge in [-0.25, -0.2) is 9.98 Å². The van der Waals surface area contributed by atoms with Gasteiger partial charge in [-0.05, 0) is 38.7 Å². The summed E-state index contributed by atoms with van der Waals surface area (Å²) in [5, 5.41) is 7.70. The average Bonchev–Trinajstić information content (AvgIpc) is 3.36. The Morgan fingerprint density at radius 2 is 2.12 bits per heavy atom. The SMILES string of the molecule is CCNC(=NCc1ccccc1OCC1CC1)NCc1ncc(C)s1.I. The highest BCUT2D eigenvalue weighted by Gasteiger charge is 2.22. The molecule has 0 atom stereocenters. The van der Waals surface area contributed by atoms with Crippen LogP contribution >= 0.6 is 35.3 Å². The minimum atomic E-state index is 0. The average molecular weight is 486 g/mol. The number of nitrogens with one attached hydrogen (secondary N) is 2. The van der Waals surface area contributed by atoms with Crippen LogP contribution in [0, 0.1) is 12.8 Å². The van der Waals surface area contributed by atoms with Gasteiger partial charge >= 0.3 is 0 Å². The third-order valence-electron chi connectivity index (χ3n) is 3.97. The summed E-state index contributed by atoms with van der Waals surface area (Å²) in [5.74, 6) is 2.49. The number of thiazole rings is 1. The molecule has 142 valence electrons. The monoisotopic (exact) mass is 486 g/mol. The molecule has 1 aliphatic rings. The van der Waals surface area contributed by atoms with Crippen LogP contribution < -0.4 is 15.4 Å². The first-order valence-electron chi connectivity index (χ1n) is 8.88. The number of hydrogen-bond donors (Lipinski definition) is 2. The molecule has 1 aromatic heterocycles. The zero-order valence-corrected chi connectivity index (χ0v) is 18.5. The summed E-state index contributed by atoms with van der Waals surface area (Å²) in [5.41, 5.74) is 1.12. The number of aromatic nitrogens is 1. The van der Waals surface area contributed by atoms with Gasteiger partial charge in [-0.2, -0.15) is 0 Å². The second kappa shape index (κ2) is 10.7. The molecule has 1 aromatic carbocycles. The fourth-order valence-corrected chi connectivity index (χ4v) is 3.14. The summed E-state index contributed by atoms with van der Waals surface area (Å²) in [6.07, 6.45) is 4.50. The van der Waals surface area contributed by atoms with E-state index in [1.54, 1.807) is 11.3 Å². The molecule has 3 rings (SSSR count). The maximum Gasteiger partial charge on any atom is 0.191 e. The fourth-order valence-electron chi connectivity index (χ4n) is 2.42. The van der Waals surface area contributed by atoms with Crippen molar-refractivity contribution in [2.24, 2.45) is 10.9 Å². The van der Waals surface area contributed by atoms with E-state index in [-0.39, 0.29) is 24.0 Å². The number of aliphatic imine (C=N–C) groups is 1. The Kier molecular flexibility index (Phi) is 8.64. The van der Waals surface area contributed by atoms with Gasteiger partial charge in [0.25, 0.3) is 0 Å². The molecule has 0 saturated heterocycles. The number of rotatable bonds is 8. The first kappa shape index (κ1) is 21.0. The predicted molar refractivity (Wildman–Crippen MR) is 119 cm³/mol. The van der Waals surface area contributed by atoms with Crippen molar-refractivity contribution in [2.45, 2.75) is 39.8 Å². The largest absolute Gasteiger partial charge is 0.493 e. The van der Waals surface area contributed by atoms with Gasteiger partial charge in [0.1, 0.15) is 10.8 Å². The molecule has 7 heteroatoms. The highest BCUT2D eigenvalue weighted by atomic mass is 127. The number of halogens is 1. The van der Waals surface area contributed by atoms with Crippen molar-refractivity contribution in [1.82, 2.24) is 15.6 Å². The van der Waals surface area contributed by atoms with Crippen molar-refractivity contribution < 1.29 is 4.74 Å². The van der Waals surface area contributed by atoms with Gasteiger partial charge in [0, 0.05) is 23.2 Å². The van der Waals surface area contributed by atoms with Crippen LogP contribution in [0.1, 0.15) is 35.2 Å². The standard InChI is InChI=1S/C19H26N4OS.HI/c1-3-20-19(23-12-18-21-10-14(2)25-18)22-11-16-6-4-5-7-17(16)24-13-15-8-9-15;/h4-7,10,15H,3,8-9,11-13H2,1-2H3,(H2,20,22,23);1H. The minimum absolute atomic E-state index is 0. The normalized spacial score (nSPS) is 13.8. The van der Waals surface area contributed by atoms with Crippen LogP contribution in [-0.4, -0.2) is 24.1 Å². The van der Waals surface area contributed by atoms with E-state index in [2.05, 4.69) is 35.5 Å². The van der Waals surface area contributed by atoms with E-state index in [1.165, 1.54) is 17.7 Å². The van der Waals surface area contributed by atoms with Crippen LogP contribution in [0.2, 0.25) is 0 Å². The van der Waals surface area contributed by atoms with Crippen molar-refractivity contribution in [3.63, 3.8) is 0 Å². The lowest BCUT2D eigenvalue weighted by Crippen LogP contribution is -2.36. The molecule has 2 aromatic rings. The number of guanidine groups is 1. The van der Waals surface area contributed by atoms with Crippen LogP contribution in [0.5, 0.6) is 5.75 Å². The lowest BCUT2D eigenvalue weighted by molar-refractivity contribution is 0.297. The Labute approximate surface area is 176 Å². The second-order valence-corrected chi connectivity index (χ2v) is 7.59. The molecule has 0 aliphatic heterocycles. The van der Waals surface area contributed by atoms with Gasteiger partial charge in [0.2, 0.25) is 0 Å². The molecular weight excluding hydrogens is 459 g/mol. The lowest BCUT2D eigenvalue weighted by atomic mass is 10.2. The Morgan fingerprint density at radius 3 is 2.81 bits per heavy atom. The van der Waals surface area contributed by atoms with Gasteiger partial charge in [-0.1, -0.05) is 18.2 Å². The van der Waals surface area contributed by atoms with E-state index in [0.717, 1.165) is 41.3 Å². The number of hydrogen-bond acceptors (Lipinski definition) is 4. The van der Waals surface area contributed by atoms with Crippen molar-refractivity contribution >= 4 is 41.3 Å². The zero-order chi connectivity index (χ0) is 17.5. The summed E-state index contributed by atoms with van der Waals surface area (Å²) in [6.45, 7) is 7.05. The molecular formula is C19H27IN4OS. The molecule has 0 unspecified atom stereocenters. The quantitative estimate of drug-likeness (QED) is 0.335. The molecule has 26 heavy (non-hydrogen) atoms. The Morgan fingerprint density at radius 1 is 1.31 bits per heavy atom. The zero-order valence-electron chi connectivity index (χ0n) is 15.3. The first-order chi connectivity index (χ1) is 12.2. The van der Waals surface area contributed by atoms with Crippen molar-refractivity contribution in [3.05, 3.63) is 45.9 Å². The molecule has 0 radical (unpaired) electrons. The maximum absolute atomic E-state index is 5.97. The third-order valence-corrected chi connectivity index (χ3v) is 4.88. The highest BCUT2D eigenvalue weighted by Crippen LogP contribution is 2.30. The van der Waals surface area contributed by atoms with E-state index in [4.69, 9.17) is 9.73 Å². The van der Waals surface area contributed by atoms with Crippen LogP contribution in [0.15, 0.2) is 35.5 Å². The lowest BCUT2D eigenvalue weighted by Gasteiger charge is -2.12. The molecule has 0 spiro atoms. The van der Waals surface area contributed by atoms with Crippen molar-refractivity contribution in [2.75, 3.05) is 13.2 Å². The van der Waals surface area contributed by atoms with Crippen LogP contribution in [0.25, 0.3) is 0 Å². The van der Waals surface area contributed by atoms with Gasteiger partial charge in [-0.15, -0.1) is 35.3 Å². The minimum Gasteiger partial charge on any atom is -0.493 e. The van der Waals surface area contributed by atoms with Crippen molar-refractivity contribution in [3.8, 4) is 5.75 Å². The summed E-state index contributed by atoms with van der Waals surface area (Å²) < 4.78 is 5.97. The van der Waals surface area contributed by atoms with E-state index < -0.39 is 0 Å². The second-order valence-electron chi connectivity index (χ2n) is 6.28. The Hall–Kier alpha value is -1.35. The summed E-state index contributed by atoms with van der Waals surface area (Å²) in [6, 6.07) is 8.17. The van der Waals surface area contributed by atoms with Gasteiger partial charge in [0.15, 0.2) is 5.96 Å². The molecule has 1 heterocycles. The summed E-state index contributed by atoms with van der Waals surface area (Å²) in [4.78, 5) is 10.3.